The molecule has 3 heteroatoms. The lowest BCUT2D eigenvalue weighted by Crippen LogP contribution is -2.48. The quantitative estimate of drug-likeness (QED) is 0.730. The summed E-state index contributed by atoms with van der Waals surface area (Å²) in [4.78, 5) is 13.5. The molecule has 1 N–H and O–H groups in total. The minimum Gasteiger partial charge on any atom is -0.347 e. The zero-order valence-corrected chi connectivity index (χ0v) is 11.0. The van der Waals surface area contributed by atoms with E-state index in [0.717, 1.165) is 13.0 Å². The van der Waals surface area contributed by atoms with Crippen LogP contribution >= 0.6 is 0 Å². The van der Waals surface area contributed by atoms with Crippen molar-refractivity contribution in [1.82, 2.24) is 10.2 Å². The van der Waals surface area contributed by atoms with Gasteiger partial charge < -0.3 is 10.2 Å². The second-order valence-electron chi connectivity index (χ2n) is 4.88. The molecule has 0 fully saturated rings. The molecule has 3 nitrogen and oxygen atoms in total. The Morgan fingerprint density at radius 1 is 1.27 bits per heavy atom. The fourth-order valence-electron chi connectivity index (χ4n) is 1.36. The van der Waals surface area contributed by atoms with Crippen LogP contribution in [0.4, 0.5) is 0 Å². The van der Waals surface area contributed by atoms with Crippen molar-refractivity contribution in [3.63, 3.8) is 0 Å². The van der Waals surface area contributed by atoms with E-state index in [9.17, 15) is 4.79 Å². The van der Waals surface area contributed by atoms with Crippen molar-refractivity contribution in [1.29, 1.82) is 0 Å². The third kappa shape index (κ3) is 5.17. The zero-order valence-electron chi connectivity index (χ0n) is 11.0. The van der Waals surface area contributed by atoms with Gasteiger partial charge in [-0.15, -0.1) is 0 Å². The number of nitrogens with zero attached hydrogens (tertiary/aromatic N) is 1. The van der Waals surface area contributed by atoms with Gasteiger partial charge in [0.05, 0.1) is 6.04 Å². The summed E-state index contributed by atoms with van der Waals surface area (Å²) in [5, 5.41) is 3.36. The molecule has 0 radical (unpaired) electrons. The predicted molar refractivity (Wildman–Crippen MR) is 64.8 cm³/mol. The lowest BCUT2D eigenvalue weighted by molar-refractivity contribution is -0.132. The van der Waals surface area contributed by atoms with Gasteiger partial charge in [0.15, 0.2) is 0 Å². The molecule has 0 aliphatic rings. The average molecular weight is 214 g/mol. The summed E-state index contributed by atoms with van der Waals surface area (Å²) in [5.41, 5.74) is 0. The normalized spacial score (nSPS) is 15.1. The first kappa shape index (κ1) is 14.4. The largest absolute Gasteiger partial charge is 0.347 e. The standard InChI is InChI=1S/C12H26N2O/c1-7-10(4)8-13-11(9(2)3)12(15)14(5)6/h9-11,13H,7-8H2,1-6H3. The van der Waals surface area contributed by atoms with Gasteiger partial charge in [-0.3, -0.25) is 4.79 Å². The molecule has 0 aliphatic heterocycles. The zero-order chi connectivity index (χ0) is 12.0. The molecule has 1 amide bonds. The van der Waals surface area contributed by atoms with E-state index in [-0.39, 0.29) is 11.9 Å². The Bertz CT molecular complexity index is 190. The Kier molecular flexibility index (Phi) is 6.57. The average Bonchev–Trinajstić information content (AvgIpc) is 2.16. The molecule has 0 aromatic rings. The molecule has 0 aromatic heterocycles. The number of likely N-dealkylation sites (N-methyl/N-ethyl adjacent to an activating group) is 1. The van der Waals surface area contributed by atoms with Crippen LogP contribution in [0.3, 0.4) is 0 Å². The molecule has 90 valence electrons. The monoisotopic (exact) mass is 214 g/mol. The highest BCUT2D eigenvalue weighted by Crippen LogP contribution is 2.06. The first-order valence-electron chi connectivity index (χ1n) is 5.84. The highest BCUT2D eigenvalue weighted by atomic mass is 16.2. The molecule has 0 saturated heterocycles. The van der Waals surface area contributed by atoms with Crippen LogP contribution in [0.2, 0.25) is 0 Å². The van der Waals surface area contributed by atoms with Crippen LogP contribution in [0.5, 0.6) is 0 Å². The van der Waals surface area contributed by atoms with E-state index < -0.39 is 0 Å². The molecular formula is C12H26N2O. The predicted octanol–water partition coefficient (Wildman–Crippen LogP) is 1.73. The summed E-state index contributed by atoms with van der Waals surface area (Å²) in [7, 11) is 3.62. The minimum absolute atomic E-state index is 0.0472. The third-order valence-electron chi connectivity index (χ3n) is 2.76. The minimum atomic E-state index is -0.0472. The van der Waals surface area contributed by atoms with Crippen molar-refractivity contribution in [3.8, 4) is 0 Å². The number of carbonyl (C=O) groups is 1. The molecule has 0 saturated carbocycles. The van der Waals surface area contributed by atoms with Gasteiger partial charge in [-0.05, 0) is 18.4 Å². The third-order valence-corrected chi connectivity index (χ3v) is 2.76. The van der Waals surface area contributed by atoms with Crippen molar-refractivity contribution in [2.75, 3.05) is 20.6 Å². The van der Waals surface area contributed by atoms with Gasteiger partial charge in [-0.2, -0.15) is 0 Å². The van der Waals surface area contributed by atoms with E-state index in [1.165, 1.54) is 0 Å². The molecule has 2 atom stereocenters. The van der Waals surface area contributed by atoms with Gasteiger partial charge >= 0.3 is 0 Å². The van der Waals surface area contributed by atoms with E-state index in [1.807, 2.05) is 14.1 Å². The lowest BCUT2D eigenvalue weighted by Gasteiger charge is -2.26. The van der Waals surface area contributed by atoms with Crippen LogP contribution in [0.25, 0.3) is 0 Å². The SMILES string of the molecule is CCC(C)CNC(C(=O)N(C)C)C(C)C. The van der Waals surface area contributed by atoms with E-state index in [2.05, 4.69) is 33.0 Å². The Morgan fingerprint density at radius 2 is 1.80 bits per heavy atom. The van der Waals surface area contributed by atoms with Crippen LogP contribution in [0.15, 0.2) is 0 Å². The summed E-state index contributed by atoms with van der Waals surface area (Å²) >= 11 is 0. The number of carbonyl (C=O) groups excluding carboxylic acids is 1. The smallest absolute Gasteiger partial charge is 0.239 e. The van der Waals surface area contributed by atoms with E-state index in [4.69, 9.17) is 0 Å². The second kappa shape index (κ2) is 6.83. The Hall–Kier alpha value is -0.570. The Morgan fingerprint density at radius 3 is 2.13 bits per heavy atom. The first-order valence-corrected chi connectivity index (χ1v) is 5.84. The van der Waals surface area contributed by atoms with Crippen LogP contribution in [-0.2, 0) is 4.79 Å². The van der Waals surface area contributed by atoms with Gasteiger partial charge in [0, 0.05) is 14.1 Å². The van der Waals surface area contributed by atoms with Crippen LogP contribution in [0.1, 0.15) is 34.1 Å². The molecule has 2 unspecified atom stereocenters. The maximum absolute atomic E-state index is 11.8. The molecule has 15 heavy (non-hydrogen) atoms. The molecule has 0 aliphatic carbocycles. The van der Waals surface area contributed by atoms with Crippen molar-refractivity contribution >= 4 is 5.91 Å². The molecule has 0 spiro atoms. The summed E-state index contributed by atoms with van der Waals surface area (Å²) in [6.07, 6.45) is 1.15. The maximum atomic E-state index is 11.8. The summed E-state index contributed by atoms with van der Waals surface area (Å²) in [6.45, 7) is 9.44. The summed E-state index contributed by atoms with van der Waals surface area (Å²) < 4.78 is 0. The molecule has 0 aromatic carbocycles. The maximum Gasteiger partial charge on any atom is 0.239 e. The first-order chi connectivity index (χ1) is 6.90. The van der Waals surface area contributed by atoms with Crippen LogP contribution in [0, 0.1) is 11.8 Å². The molecule has 0 rings (SSSR count). The van der Waals surface area contributed by atoms with Crippen molar-refractivity contribution in [2.24, 2.45) is 11.8 Å². The van der Waals surface area contributed by atoms with E-state index in [0.29, 0.717) is 11.8 Å². The number of hydrogen-bond acceptors (Lipinski definition) is 2. The number of nitrogens with one attached hydrogen (secondary N) is 1. The van der Waals surface area contributed by atoms with E-state index in [1.54, 1.807) is 4.90 Å². The number of amides is 1. The summed E-state index contributed by atoms with van der Waals surface area (Å²) in [5.74, 6) is 1.14. The Balaban J connectivity index is 4.23. The van der Waals surface area contributed by atoms with Gasteiger partial charge in [-0.1, -0.05) is 34.1 Å². The highest BCUT2D eigenvalue weighted by Gasteiger charge is 2.23. The van der Waals surface area contributed by atoms with Gasteiger partial charge in [-0.25, -0.2) is 0 Å². The topological polar surface area (TPSA) is 32.3 Å². The van der Waals surface area contributed by atoms with E-state index >= 15 is 0 Å². The lowest BCUT2D eigenvalue weighted by atomic mass is 10.0. The molecule has 0 bridgehead atoms. The van der Waals surface area contributed by atoms with Gasteiger partial charge in [0.1, 0.15) is 0 Å². The number of rotatable bonds is 6. The fourth-order valence-corrected chi connectivity index (χ4v) is 1.36. The number of hydrogen-bond donors (Lipinski definition) is 1. The van der Waals surface area contributed by atoms with Gasteiger partial charge in [0.2, 0.25) is 5.91 Å². The molecule has 0 heterocycles. The van der Waals surface area contributed by atoms with Crippen molar-refractivity contribution < 1.29 is 4.79 Å². The van der Waals surface area contributed by atoms with Crippen molar-refractivity contribution in [3.05, 3.63) is 0 Å². The molecular weight excluding hydrogens is 188 g/mol. The second-order valence-corrected chi connectivity index (χ2v) is 4.88. The fraction of sp³-hybridized carbons (Fsp3) is 0.917. The van der Waals surface area contributed by atoms with Gasteiger partial charge in [0.25, 0.3) is 0 Å². The van der Waals surface area contributed by atoms with Crippen molar-refractivity contribution in [2.45, 2.75) is 40.2 Å². The van der Waals surface area contributed by atoms with Crippen LogP contribution in [-0.4, -0.2) is 37.5 Å². The van der Waals surface area contributed by atoms with Crippen LogP contribution < -0.4 is 5.32 Å². The Labute approximate surface area is 94.2 Å². The summed E-state index contributed by atoms with van der Waals surface area (Å²) in [6, 6.07) is -0.0472. The highest BCUT2D eigenvalue weighted by molar-refractivity contribution is 5.81.